The van der Waals surface area contributed by atoms with Gasteiger partial charge >= 0.3 is 6.18 Å². The minimum absolute atomic E-state index is 0.120. The minimum Gasteiger partial charge on any atom is -0.343 e. The molecule has 1 aliphatic carbocycles. The molecule has 0 bridgehead atoms. The van der Waals surface area contributed by atoms with E-state index in [2.05, 4.69) is 22.3 Å². The molecule has 1 aromatic rings. The number of aromatic nitrogens is 2. The fourth-order valence-electron chi connectivity index (χ4n) is 2.82. The van der Waals surface area contributed by atoms with Crippen LogP contribution in [-0.4, -0.2) is 47.2 Å². The molecular formula is C14H17F3N4OS. The molecule has 1 aliphatic heterocycles. The van der Waals surface area contributed by atoms with E-state index in [-0.39, 0.29) is 11.0 Å². The number of hydrogen-bond acceptors (Lipinski definition) is 5. The van der Waals surface area contributed by atoms with Crippen molar-refractivity contribution in [1.82, 2.24) is 15.1 Å². The van der Waals surface area contributed by atoms with Crippen molar-refractivity contribution < 1.29 is 18.0 Å². The van der Waals surface area contributed by atoms with Crippen molar-refractivity contribution in [3.05, 3.63) is 17.2 Å². The Morgan fingerprint density at radius 1 is 1.26 bits per heavy atom. The molecule has 0 unspecified atom stereocenters. The molecule has 5 nitrogen and oxygen atoms in total. The maximum Gasteiger partial charge on any atom is 0.445 e. The van der Waals surface area contributed by atoms with E-state index in [0.29, 0.717) is 49.9 Å². The summed E-state index contributed by atoms with van der Waals surface area (Å²) in [7, 11) is 0. The van der Waals surface area contributed by atoms with Crippen LogP contribution < -0.4 is 4.90 Å². The number of anilines is 1. The second kappa shape index (κ2) is 6.46. The van der Waals surface area contributed by atoms with E-state index in [9.17, 15) is 18.0 Å². The lowest BCUT2D eigenvalue weighted by molar-refractivity contribution is -0.138. The predicted octanol–water partition coefficient (Wildman–Crippen LogP) is 2.56. The van der Waals surface area contributed by atoms with Crippen molar-refractivity contribution in [2.24, 2.45) is 5.92 Å². The summed E-state index contributed by atoms with van der Waals surface area (Å²) in [5.41, 5.74) is 0. The number of carbonyl (C=O) groups is 1. The predicted molar refractivity (Wildman–Crippen MR) is 80.2 cm³/mol. The van der Waals surface area contributed by atoms with Gasteiger partial charge in [-0.05, 0) is 18.8 Å². The summed E-state index contributed by atoms with van der Waals surface area (Å²) in [6, 6.07) is 0. The highest BCUT2D eigenvalue weighted by molar-refractivity contribution is 7.15. The molecule has 23 heavy (non-hydrogen) atoms. The van der Waals surface area contributed by atoms with Crippen molar-refractivity contribution in [1.29, 1.82) is 0 Å². The van der Waals surface area contributed by atoms with E-state index in [0.717, 1.165) is 12.8 Å². The largest absolute Gasteiger partial charge is 0.445 e. The highest BCUT2D eigenvalue weighted by Crippen LogP contribution is 2.34. The first-order valence-electron chi connectivity index (χ1n) is 7.53. The smallest absolute Gasteiger partial charge is 0.343 e. The Hall–Kier alpha value is -1.64. The van der Waals surface area contributed by atoms with Crippen molar-refractivity contribution in [3.8, 4) is 0 Å². The van der Waals surface area contributed by atoms with Crippen LogP contribution in [-0.2, 0) is 11.0 Å². The summed E-state index contributed by atoms with van der Waals surface area (Å²) < 4.78 is 37.7. The van der Waals surface area contributed by atoms with Gasteiger partial charge in [0.2, 0.25) is 16.0 Å². The van der Waals surface area contributed by atoms with Crippen LogP contribution in [0.25, 0.3) is 0 Å². The third-order valence-corrected chi connectivity index (χ3v) is 5.14. The first kappa shape index (κ1) is 16.2. The summed E-state index contributed by atoms with van der Waals surface area (Å²) in [6.45, 7) is 1.99. The van der Waals surface area contributed by atoms with Crippen LogP contribution in [0.4, 0.5) is 18.3 Å². The Labute approximate surface area is 135 Å². The lowest BCUT2D eigenvalue weighted by Gasteiger charge is -2.34. The molecule has 1 fully saturated rings. The third-order valence-electron chi connectivity index (χ3n) is 4.11. The highest BCUT2D eigenvalue weighted by Gasteiger charge is 2.36. The van der Waals surface area contributed by atoms with Gasteiger partial charge in [0, 0.05) is 32.6 Å². The number of nitrogens with zero attached hydrogens (tertiary/aromatic N) is 4. The van der Waals surface area contributed by atoms with Gasteiger partial charge in [-0.2, -0.15) is 13.2 Å². The Morgan fingerprint density at radius 3 is 2.57 bits per heavy atom. The molecule has 2 heterocycles. The van der Waals surface area contributed by atoms with Gasteiger partial charge in [-0.25, -0.2) is 0 Å². The van der Waals surface area contributed by atoms with Crippen LogP contribution in [0, 0.1) is 5.92 Å². The number of piperazine rings is 1. The lowest BCUT2D eigenvalue weighted by atomic mass is 10.0. The number of hydrogen-bond donors (Lipinski definition) is 0. The molecular weight excluding hydrogens is 329 g/mol. The van der Waals surface area contributed by atoms with Crippen molar-refractivity contribution in [2.75, 3.05) is 31.1 Å². The molecule has 0 saturated carbocycles. The van der Waals surface area contributed by atoms with Crippen molar-refractivity contribution in [2.45, 2.75) is 25.4 Å². The Kier molecular flexibility index (Phi) is 4.56. The molecule has 0 aromatic carbocycles. The molecule has 9 heteroatoms. The Balaban J connectivity index is 1.52. The molecule has 0 N–H and O–H groups in total. The maximum atomic E-state index is 12.6. The van der Waals surface area contributed by atoms with Crippen LogP contribution in [0.5, 0.6) is 0 Å². The van der Waals surface area contributed by atoms with Gasteiger partial charge in [0.15, 0.2) is 0 Å². The van der Waals surface area contributed by atoms with Gasteiger partial charge in [-0.1, -0.05) is 23.5 Å². The zero-order valence-electron chi connectivity index (χ0n) is 12.4. The van der Waals surface area contributed by atoms with E-state index in [1.54, 1.807) is 9.80 Å². The van der Waals surface area contributed by atoms with Crippen LogP contribution >= 0.6 is 11.3 Å². The number of rotatable bonds is 3. The number of alkyl halides is 3. The number of allylic oxidation sites excluding steroid dienone is 2. The summed E-state index contributed by atoms with van der Waals surface area (Å²) in [6.07, 6.45) is 2.31. The second-order valence-corrected chi connectivity index (χ2v) is 6.68. The van der Waals surface area contributed by atoms with Crippen molar-refractivity contribution >= 4 is 22.4 Å². The second-order valence-electron chi connectivity index (χ2n) is 5.73. The summed E-state index contributed by atoms with van der Waals surface area (Å²) in [4.78, 5) is 15.8. The zero-order valence-corrected chi connectivity index (χ0v) is 13.2. The van der Waals surface area contributed by atoms with E-state index < -0.39 is 11.2 Å². The van der Waals surface area contributed by atoms with E-state index in [4.69, 9.17) is 0 Å². The minimum atomic E-state index is -4.46. The van der Waals surface area contributed by atoms with Gasteiger partial charge in [0.1, 0.15) is 0 Å². The first-order valence-corrected chi connectivity index (χ1v) is 8.35. The summed E-state index contributed by atoms with van der Waals surface area (Å²) in [5.74, 6) is 0.451. The summed E-state index contributed by atoms with van der Waals surface area (Å²) >= 11 is 0.548. The molecule has 0 spiro atoms. The van der Waals surface area contributed by atoms with E-state index >= 15 is 0 Å². The van der Waals surface area contributed by atoms with Gasteiger partial charge in [0.25, 0.3) is 0 Å². The van der Waals surface area contributed by atoms with E-state index in [1.807, 2.05) is 0 Å². The van der Waals surface area contributed by atoms with Crippen LogP contribution in [0.3, 0.4) is 0 Å². The molecule has 126 valence electrons. The number of halogens is 3. The fraction of sp³-hybridized carbons (Fsp3) is 0.643. The van der Waals surface area contributed by atoms with Gasteiger partial charge in [-0.3, -0.25) is 4.79 Å². The number of carbonyl (C=O) groups excluding carboxylic acids is 1. The normalized spacial score (nSPS) is 22.0. The van der Waals surface area contributed by atoms with E-state index in [1.165, 1.54) is 0 Å². The molecule has 3 rings (SSSR count). The molecule has 1 aromatic heterocycles. The van der Waals surface area contributed by atoms with Crippen molar-refractivity contribution in [3.63, 3.8) is 0 Å². The fourth-order valence-corrected chi connectivity index (χ4v) is 3.59. The molecule has 1 saturated heterocycles. The maximum absolute atomic E-state index is 12.6. The SMILES string of the molecule is O=C(C[C@H]1C=CCC1)N1CCN(c2nnc(C(F)(F)F)s2)CC1. The third kappa shape index (κ3) is 3.82. The molecule has 1 atom stereocenters. The topological polar surface area (TPSA) is 49.3 Å². The monoisotopic (exact) mass is 346 g/mol. The van der Waals surface area contributed by atoms with Gasteiger partial charge in [-0.15, -0.1) is 10.2 Å². The Morgan fingerprint density at radius 2 is 2.00 bits per heavy atom. The average molecular weight is 346 g/mol. The average Bonchev–Trinajstić information content (AvgIpc) is 3.18. The Bertz CT molecular complexity index is 593. The lowest BCUT2D eigenvalue weighted by Crippen LogP contribution is -2.49. The summed E-state index contributed by atoms with van der Waals surface area (Å²) in [5, 5.41) is 6.16. The van der Waals surface area contributed by atoms with Crippen LogP contribution in [0.1, 0.15) is 24.3 Å². The zero-order chi connectivity index (χ0) is 16.4. The van der Waals surface area contributed by atoms with Crippen LogP contribution in [0.2, 0.25) is 0 Å². The molecule has 0 radical (unpaired) electrons. The first-order chi connectivity index (χ1) is 10.9. The quantitative estimate of drug-likeness (QED) is 0.790. The molecule has 1 amide bonds. The van der Waals surface area contributed by atoms with Crippen LogP contribution in [0.15, 0.2) is 12.2 Å². The van der Waals surface area contributed by atoms with Gasteiger partial charge in [0.05, 0.1) is 0 Å². The van der Waals surface area contributed by atoms with Gasteiger partial charge < -0.3 is 9.80 Å². The number of amides is 1. The standard InChI is InChI=1S/C14H17F3N4OS/c15-14(16,17)12-18-19-13(23-12)21-7-5-20(6-8-21)11(22)9-10-3-1-2-4-10/h1,3,10H,2,4-9H2/t10-/m0/s1. The highest BCUT2D eigenvalue weighted by atomic mass is 32.1. The molecule has 2 aliphatic rings.